The molecule has 3 aromatic carbocycles. The summed E-state index contributed by atoms with van der Waals surface area (Å²) < 4.78 is 46.3. The van der Waals surface area contributed by atoms with Crippen molar-refractivity contribution in [3.63, 3.8) is 0 Å². The van der Waals surface area contributed by atoms with E-state index in [1.165, 1.54) is 0 Å². The summed E-state index contributed by atoms with van der Waals surface area (Å²) in [6, 6.07) is 19.9. The second kappa shape index (κ2) is 9.75. The quantitative estimate of drug-likeness (QED) is 0.503. The fourth-order valence-electron chi connectivity index (χ4n) is 4.66. The smallest absolute Gasteiger partial charge is 0.375 e. The number of hydrogen-bond acceptors (Lipinski definition) is 4. The largest absolute Gasteiger partial charge is 0.418 e. The lowest BCUT2D eigenvalue weighted by Crippen LogP contribution is -2.42. The molecule has 2 saturated heterocycles. The van der Waals surface area contributed by atoms with Crippen molar-refractivity contribution in [3.8, 4) is 11.1 Å². The average molecular weight is 496 g/mol. The summed E-state index contributed by atoms with van der Waals surface area (Å²) in [5.41, 5.74) is 1.03. The number of nitrogens with one attached hydrogen (secondary N) is 2. The third-order valence-electron chi connectivity index (χ3n) is 6.47. The van der Waals surface area contributed by atoms with E-state index >= 15 is 0 Å². The highest BCUT2D eigenvalue weighted by molar-refractivity contribution is 6.05. The second-order valence-electron chi connectivity index (χ2n) is 8.98. The fourth-order valence-corrected chi connectivity index (χ4v) is 4.66. The zero-order valence-corrected chi connectivity index (χ0v) is 19.2. The molecule has 5 rings (SSSR count). The Balaban J connectivity index is 1.30. The van der Waals surface area contributed by atoms with E-state index in [1.807, 2.05) is 47.4 Å². The van der Waals surface area contributed by atoms with Crippen LogP contribution in [-0.2, 0) is 15.7 Å². The Morgan fingerprint density at radius 3 is 2.31 bits per heavy atom. The van der Waals surface area contributed by atoms with Crippen LogP contribution in [0, 0.1) is 0 Å². The Bertz CT molecular complexity index is 1260. The molecule has 9 heteroatoms. The van der Waals surface area contributed by atoms with Crippen molar-refractivity contribution >= 4 is 23.2 Å². The maximum atomic E-state index is 13.6. The summed E-state index contributed by atoms with van der Waals surface area (Å²) >= 11 is 0. The van der Waals surface area contributed by atoms with Crippen LogP contribution in [-0.4, -0.2) is 48.6 Å². The maximum absolute atomic E-state index is 13.6. The molecule has 2 fully saturated rings. The van der Waals surface area contributed by atoms with Gasteiger partial charge < -0.3 is 15.4 Å². The Hall–Kier alpha value is -3.69. The van der Waals surface area contributed by atoms with Crippen molar-refractivity contribution < 1.29 is 27.5 Å². The summed E-state index contributed by atoms with van der Waals surface area (Å²) in [7, 11) is 0. The molecule has 186 valence electrons. The van der Waals surface area contributed by atoms with Crippen molar-refractivity contribution in [1.29, 1.82) is 0 Å². The zero-order chi connectivity index (χ0) is 25.3. The van der Waals surface area contributed by atoms with Gasteiger partial charge in [0, 0.05) is 23.8 Å². The number of ether oxygens (including phenoxy) is 1. The van der Waals surface area contributed by atoms with Crippen molar-refractivity contribution in [3.05, 3.63) is 83.9 Å². The van der Waals surface area contributed by atoms with E-state index in [2.05, 4.69) is 10.6 Å². The van der Waals surface area contributed by atoms with Crippen LogP contribution in [0.3, 0.4) is 0 Å². The number of likely N-dealkylation sites (tertiary alicyclic amines) is 1. The van der Waals surface area contributed by atoms with Crippen molar-refractivity contribution in [2.75, 3.05) is 30.3 Å². The van der Waals surface area contributed by atoms with Crippen LogP contribution in [0.25, 0.3) is 11.1 Å². The predicted molar refractivity (Wildman–Crippen MR) is 130 cm³/mol. The lowest BCUT2D eigenvalue weighted by atomic mass is 10.1. The molecule has 2 bridgehead atoms. The van der Waals surface area contributed by atoms with Crippen LogP contribution < -0.4 is 10.6 Å². The summed E-state index contributed by atoms with van der Waals surface area (Å²) in [4.78, 5) is 27.3. The number of fused-ring (bicyclic) bond motifs is 2. The van der Waals surface area contributed by atoms with Crippen LogP contribution in [0.4, 0.5) is 24.5 Å². The molecular weight excluding hydrogens is 471 g/mol. The van der Waals surface area contributed by atoms with Crippen LogP contribution in [0.1, 0.15) is 22.3 Å². The average Bonchev–Trinajstić information content (AvgIpc) is 3.48. The number of alkyl halides is 3. The number of carbonyl (C=O) groups excluding carboxylic acids is 2. The van der Waals surface area contributed by atoms with E-state index in [1.54, 1.807) is 12.1 Å². The molecule has 2 N–H and O–H groups in total. The number of hydrogen-bond donors (Lipinski definition) is 2. The molecule has 0 saturated carbocycles. The Morgan fingerprint density at radius 2 is 1.67 bits per heavy atom. The van der Waals surface area contributed by atoms with Gasteiger partial charge in [-0.2, -0.15) is 13.2 Å². The van der Waals surface area contributed by atoms with Crippen LogP contribution in [0.2, 0.25) is 0 Å². The van der Waals surface area contributed by atoms with Crippen molar-refractivity contribution in [2.24, 2.45) is 0 Å². The minimum Gasteiger partial charge on any atom is -0.375 e. The SMILES string of the molecule is O=C(CN1C[C@@H]2C[C@H]1CO2)Nc1cc(C(=O)Nc2ccc(-c3ccccc3)cc2)ccc1C(F)(F)F. The Kier molecular flexibility index (Phi) is 6.51. The zero-order valence-electron chi connectivity index (χ0n) is 19.2. The molecular formula is C27H24F3N3O3. The van der Waals surface area contributed by atoms with E-state index in [9.17, 15) is 22.8 Å². The van der Waals surface area contributed by atoms with Gasteiger partial charge in [0.05, 0.1) is 30.5 Å². The van der Waals surface area contributed by atoms with Gasteiger partial charge in [-0.25, -0.2) is 0 Å². The number of benzene rings is 3. The summed E-state index contributed by atoms with van der Waals surface area (Å²) in [5.74, 6) is -1.15. The number of halogens is 3. The molecule has 0 spiro atoms. The van der Waals surface area contributed by atoms with E-state index in [0.717, 1.165) is 35.7 Å². The summed E-state index contributed by atoms with van der Waals surface area (Å²) in [6.07, 6.45) is -3.79. The lowest BCUT2D eigenvalue weighted by molar-refractivity contribution is -0.137. The molecule has 2 aliphatic heterocycles. The van der Waals surface area contributed by atoms with E-state index in [-0.39, 0.29) is 24.3 Å². The number of anilines is 2. The van der Waals surface area contributed by atoms with Crippen LogP contribution in [0.5, 0.6) is 0 Å². The topological polar surface area (TPSA) is 70.7 Å². The first-order chi connectivity index (χ1) is 17.3. The molecule has 0 unspecified atom stereocenters. The maximum Gasteiger partial charge on any atom is 0.418 e. The van der Waals surface area contributed by atoms with Gasteiger partial charge >= 0.3 is 6.18 Å². The first kappa shape index (κ1) is 24.0. The molecule has 0 aromatic heterocycles. The highest BCUT2D eigenvalue weighted by atomic mass is 19.4. The Morgan fingerprint density at radius 1 is 0.944 bits per heavy atom. The van der Waals surface area contributed by atoms with Gasteiger partial charge in [0.2, 0.25) is 5.91 Å². The predicted octanol–water partition coefficient (Wildman–Crippen LogP) is 5.04. The minimum absolute atomic E-state index is 0.000865. The number of rotatable bonds is 6. The van der Waals surface area contributed by atoms with Crippen LogP contribution >= 0.6 is 0 Å². The van der Waals surface area contributed by atoms with Gasteiger partial charge in [-0.3, -0.25) is 14.5 Å². The first-order valence-corrected chi connectivity index (χ1v) is 11.6. The molecule has 2 atom stereocenters. The van der Waals surface area contributed by atoms with Gasteiger partial charge in [0.25, 0.3) is 5.91 Å². The van der Waals surface area contributed by atoms with Gasteiger partial charge in [0.1, 0.15) is 0 Å². The van der Waals surface area contributed by atoms with E-state index in [0.29, 0.717) is 18.8 Å². The normalized spacial score (nSPS) is 19.3. The molecule has 0 radical (unpaired) electrons. The van der Waals surface area contributed by atoms with Gasteiger partial charge in [0.15, 0.2) is 0 Å². The number of amides is 2. The van der Waals surface area contributed by atoms with Gasteiger partial charge in [-0.1, -0.05) is 42.5 Å². The number of morpholine rings is 1. The molecule has 2 amide bonds. The molecule has 0 aliphatic carbocycles. The van der Waals surface area contributed by atoms with Gasteiger partial charge in [-0.05, 0) is 47.9 Å². The number of nitrogens with zero attached hydrogens (tertiary/aromatic N) is 1. The monoisotopic (exact) mass is 495 g/mol. The van der Waals surface area contributed by atoms with Crippen molar-refractivity contribution in [1.82, 2.24) is 4.90 Å². The number of carbonyl (C=O) groups is 2. The van der Waals surface area contributed by atoms with Gasteiger partial charge in [-0.15, -0.1) is 0 Å². The lowest BCUT2D eigenvalue weighted by Gasteiger charge is -2.26. The second-order valence-corrected chi connectivity index (χ2v) is 8.98. The molecule has 36 heavy (non-hydrogen) atoms. The van der Waals surface area contributed by atoms with E-state index in [4.69, 9.17) is 4.74 Å². The Labute approximate surface area is 206 Å². The highest BCUT2D eigenvalue weighted by Crippen LogP contribution is 2.36. The van der Waals surface area contributed by atoms with Crippen LogP contribution in [0.15, 0.2) is 72.8 Å². The summed E-state index contributed by atoms with van der Waals surface area (Å²) in [6.45, 7) is 1.06. The summed E-state index contributed by atoms with van der Waals surface area (Å²) in [5, 5.41) is 5.06. The van der Waals surface area contributed by atoms with E-state index < -0.39 is 29.2 Å². The third kappa shape index (κ3) is 5.27. The first-order valence-electron chi connectivity index (χ1n) is 11.6. The molecule has 3 aromatic rings. The highest BCUT2D eigenvalue weighted by Gasteiger charge is 2.40. The standard InChI is InChI=1S/C27H24F3N3O3/c28-27(29,30)23-11-8-19(12-24(23)32-25(34)15-33-14-22-13-21(33)16-36-22)26(35)31-20-9-6-18(7-10-20)17-4-2-1-3-5-17/h1-12,21-22H,13-16H2,(H,31,35)(H,32,34)/t21-,22-/m0/s1. The van der Waals surface area contributed by atoms with Crippen molar-refractivity contribution in [2.45, 2.75) is 24.7 Å². The molecule has 2 aliphatic rings. The minimum atomic E-state index is -4.69. The molecule has 2 heterocycles. The fraction of sp³-hybridized carbons (Fsp3) is 0.259. The third-order valence-corrected chi connectivity index (χ3v) is 6.47. The molecule has 6 nitrogen and oxygen atoms in total.